The van der Waals surface area contributed by atoms with Crippen LogP contribution in [-0.2, 0) is 11.2 Å². The van der Waals surface area contributed by atoms with Gasteiger partial charge < -0.3 is 10.2 Å². The average molecular weight is 302 g/mol. The zero-order valence-electron chi connectivity index (χ0n) is 11.4. The van der Waals surface area contributed by atoms with E-state index in [0.29, 0.717) is 0 Å². The Bertz CT molecular complexity index is 677. The number of aromatic carboxylic acids is 1. The smallest absolute Gasteiger partial charge is 0.335 e. The highest BCUT2D eigenvalue weighted by Crippen LogP contribution is 2.31. The van der Waals surface area contributed by atoms with E-state index < -0.39 is 11.9 Å². The summed E-state index contributed by atoms with van der Waals surface area (Å²) in [6.45, 7) is 1.93. The van der Waals surface area contributed by atoms with Crippen molar-refractivity contribution in [2.75, 3.05) is 0 Å². The maximum atomic E-state index is 10.8. The largest absolute Gasteiger partial charge is 0.481 e. The zero-order valence-corrected chi connectivity index (χ0v) is 12.2. The quantitative estimate of drug-likeness (QED) is 0.884. The van der Waals surface area contributed by atoms with Crippen molar-refractivity contribution < 1.29 is 19.8 Å². The number of carboxylic acids is 2. The van der Waals surface area contributed by atoms with Gasteiger partial charge in [-0.2, -0.15) is 0 Å². The lowest BCUT2D eigenvalue weighted by Gasteiger charge is -2.08. The molecule has 2 rings (SSSR count). The van der Waals surface area contributed by atoms with E-state index in [1.807, 2.05) is 19.1 Å². The first kappa shape index (κ1) is 15.1. The van der Waals surface area contributed by atoms with Gasteiger partial charge in [0, 0.05) is 9.79 Å². The van der Waals surface area contributed by atoms with Crippen LogP contribution in [-0.4, -0.2) is 22.2 Å². The molecule has 0 saturated heterocycles. The van der Waals surface area contributed by atoms with E-state index in [4.69, 9.17) is 10.2 Å². The van der Waals surface area contributed by atoms with Gasteiger partial charge in [0.25, 0.3) is 0 Å². The highest BCUT2D eigenvalue weighted by atomic mass is 32.2. The molecule has 5 heteroatoms. The Labute approximate surface area is 126 Å². The lowest BCUT2D eigenvalue weighted by molar-refractivity contribution is -0.136. The van der Waals surface area contributed by atoms with Gasteiger partial charge in [0.15, 0.2) is 0 Å². The van der Waals surface area contributed by atoms with Gasteiger partial charge in [0.05, 0.1) is 12.0 Å². The van der Waals surface area contributed by atoms with Crippen LogP contribution in [0.2, 0.25) is 0 Å². The average Bonchev–Trinajstić information content (AvgIpc) is 2.42. The standard InChI is InChI=1S/C16H14O4S/c1-10-8-11(9-15(17)18)2-7-14(10)21-13-5-3-12(4-6-13)16(19)20/h2-8H,9H2,1H3,(H,17,18)(H,19,20). The first-order valence-corrected chi connectivity index (χ1v) is 7.10. The number of rotatable bonds is 5. The molecule has 4 nitrogen and oxygen atoms in total. The predicted molar refractivity (Wildman–Crippen MR) is 80.0 cm³/mol. The third kappa shape index (κ3) is 4.10. The number of benzene rings is 2. The summed E-state index contributed by atoms with van der Waals surface area (Å²) in [5.41, 5.74) is 2.03. The lowest BCUT2D eigenvalue weighted by atomic mass is 10.1. The van der Waals surface area contributed by atoms with Crippen LogP contribution in [0, 0.1) is 6.92 Å². The summed E-state index contributed by atoms with van der Waals surface area (Å²) in [7, 11) is 0. The van der Waals surface area contributed by atoms with Crippen molar-refractivity contribution in [1.82, 2.24) is 0 Å². The fourth-order valence-electron chi connectivity index (χ4n) is 1.90. The van der Waals surface area contributed by atoms with E-state index in [0.717, 1.165) is 20.9 Å². The molecule has 0 fully saturated rings. The topological polar surface area (TPSA) is 74.6 Å². The molecule has 2 N–H and O–H groups in total. The molecule has 0 atom stereocenters. The molecule has 0 amide bonds. The van der Waals surface area contributed by atoms with Crippen molar-refractivity contribution in [2.45, 2.75) is 23.1 Å². The molecule has 0 bridgehead atoms. The van der Waals surface area contributed by atoms with E-state index in [9.17, 15) is 9.59 Å². The van der Waals surface area contributed by atoms with E-state index in [1.54, 1.807) is 30.3 Å². The second-order valence-corrected chi connectivity index (χ2v) is 5.72. The highest BCUT2D eigenvalue weighted by Gasteiger charge is 2.07. The normalized spacial score (nSPS) is 10.3. The lowest BCUT2D eigenvalue weighted by Crippen LogP contribution is -2.00. The molecule has 0 aliphatic carbocycles. The molecule has 0 aliphatic heterocycles. The maximum Gasteiger partial charge on any atom is 0.335 e. The summed E-state index contributed by atoms with van der Waals surface area (Å²) in [5, 5.41) is 17.6. The fraction of sp³-hybridized carbons (Fsp3) is 0.125. The molecule has 0 aromatic heterocycles. The van der Waals surface area contributed by atoms with Crippen molar-refractivity contribution >= 4 is 23.7 Å². The molecule has 0 saturated carbocycles. The minimum Gasteiger partial charge on any atom is -0.481 e. The van der Waals surface area contributed by atoms with Crippen molar-refractivity contribution in [3.63, 3.8) is 0 Å². The Balaban J connectivity index is 2.15. The molecule has 0 spiro atoms. The number of carbonyl (C=O) groups is 2. The Kier molecular flexibility index (Phi) is 4.65. The van der Waals surface area contributed by atoms with Gasteiger partial charge in [-0.05, 0) is 48.4 Å². The van der Waals surface area contributed by atoms with Gasteiger partial charge in [-0.15, -0.1) is 0 Å². The number of hydrogen-bond acceptors (Lipinski definition) is 3. The summed E-state index contributed by atoms with van der Waals surface area (Å²) >= 11 is 1.52. The van der Waals surface area contributed by atoms with Gasteiger partial charge in [-0.25, -0.2) is 4.79 Å². The van der Waals surface area contributed by atoms with E-state index in [2.05, 4.69) is 0 Å². The maximum absolute atomic E-state index is 10.8. The fourth-order valence-corrected chi connectivity index (χ4v) is 2.79. The third-order valence-electron chi connectivity index (χ3n) is 2.92. The van der Waals surface area contributed by atoms with Crippen LogP contribution in [0.4, 0.5) is 0 Å². The Morgan fingerprint density at radius 1 is 1.05 bits per heavy atom. The molecular weight excluding hydrogens is 288 g/mol. The van der Waals surface area contributed by atoms with E-state index in [1.165, 1.54) is 11.8 Å². The van der Waals surface area contributed by atoms with Crippen LogP contribution in [0.1, 0.15) is 21.5 Å². The minimum absolute atomic E-state index is 0.0130. The van der Waals surface area contributed by atoms with E-state index in [-0.39, 0.29) is 12.0 Å². The van der Waals surface area contributed by atoms with Crippen molar-refractivity contribution in [2.24, 2.45) is 0 Å². The number of aryl methyl sites for hydroxylation is 1. The van der Waals surface area contributed by atoms with Crippen LogP contribution < -0.4 is 0 Å². The number of aliphatic carboxylic acids is 1. The molecule has 2 aromatic carbocycles. The zero-order chi connectivity index (χ0) is 15.4. The SMILES string of the molecule is Cc1cc(CC(=O)O)ccc1Sc1ccc(C(=O)O)cc1. The molecule has 0 aliphatic rings. The van der Waals surface area contributed by atoms with Gasteiger partial charge in [0.1, 0.15) is 0 Å². The second-order valence-electron chi connectivity index (χ2n) is 4.60. The van der Waals surface area contributed by atoms with Crippen LogP contribution in [0.3, 0.4) is 0 Å². The first-order valence-electron chi connectivity index (χ1n) is 6.28. The molecule has 0 radical (unpaired) electrons. The molecule has 0 unspecified atom stereocenters. The van der Waals surface area contributed by atoms with Gasteiger partial charge in [-0.1, -0.05) is 23.9 Å². The Morgan fingerprint density at radius 3 is 2.24 bits per heavy atom. The summed E-state index contributed by atoms with van der Waals surface area (Å²) in [4.78, 5) is 23.4. The molecule has 21 heavy (non-hydrogen) atoms. The number of carboxylic acid groups (broad SMARTS) is 2. The van der Waals surface area contributed by atoms with Crippen molar-refractivity contribution in [3.8, 4) is 0 Å². The van der Waals surface area contributed by atoms with Gasteiger partial charge in [-0.3, -0.25) is 4.79 Å². The monoisotopic (exact) mass is 302 g/mol. The number of hydrogen-bond donors (Lipinski definition) is 2. The molecule has 2 aromatic rings. The van der Waals surface area contributed by atoms with Crippen LogP contribution >= 0.6 is 11.8 Å². The van der Waals surface area contributed by atoms with Crippen molar-refractivity contribution in [1.29, 1.82) is 0 Å². The molecule has 108 valence electrons. The second kappa shape index (κ2) is 6.45. The predicted octanol–water partition coefficient (Wildman–Crippen LogP) is 3.47. The summed E-state index contributed by atoms with van der Waals surface area (Å²) in [5.74, 6) is -1.79. The summed E-state index contributed by atoms with van der Waals surface area (Å²) in [6, 6.07) is 12.2. The third-order valence-corrected chi connectivity index (χ3v) is 4.11. The van der Waals surface area contributed by atoms with Crippen LogP contribution in [0.15, 0.2) is 52.3 Å². The van der Waals surface area contributed by atoms with Gasteiger partial charge >= 0.3 is 11.9 Å². The Hall–Kier alpha value is -2.27. The van der Waals surface area contributed by atoms with Crippen molar-refractivity contribution in [3.05, 3.63) is 59.2 Å². The Morgan fingerprint density at radius 2 is 1.71 bits per heavy atom. The molecule has 0 heterocycles. The van der Waals surface area contributed by atoms with Crippen LogP contribution in [0.5, 0.6) is 0 Å². The van der Waals surface area contributed by atoms with E-state index >= 15 is 0 Å². The van der Waals surface area contributed by atoms with Gasteiger partial charge in [0.2, 0.25) is 0 Å². The molecular formula is C16H14O4S. The summed E-state index contributed by atoms with van der Waals surface area (Å²) in [6.07, 6.45) is 0.0130. The highest BCUT2D eigenvalue weighted by molar-refractivity contribution is 7.99. The first-order chi connectivity index (χ1) is 9.95. The minimum atomic E-state index is -0.944. The summed E-state index contributed by atoms with van der Waals surface area (Å²) < 4.78 is 0. The van der Waals surface area contributed by atoms with Crippen LogP contribution in [0.25, 0.3) is 0 Å².